The average molecular weight is 549 g/mol. The number of thiophene rings is 1. The summed E-state index contributed by atoms with van der Waals surface area (Å²) in [5, 5.41) is 11.4. The molecule has 0 aliphatic heterocycles. The fourth-order valence-corrected chi connectivity index (χ4v) is 6.17. The molecule has 198 valence electrons. The van der Waals surface area contributed by atoms with E-state index in [2.05, 4.69) is 35.5 Å². The highest BCUT2D eigenvalue weighted by atomic mass is 32.1. The van der Waals surface area contributed by atoms with Gasteiger partial charge < -0.3 is 10.3 Å². The number of carbonyl (C=O) groups is 2. The Kier molecular flexibility index (Phi) is 5.93. The molecular weight excluding hydrogens is 524 g/mol. The Hall–Kier alpha value is -4.77. The first kappa shape index (κ1) is 24.3. The van der Waals surface area contributed by atoms with Crippen molar-refractivity contribution in [1.29, 1.82) is 0 Å². The summed E-state index contributed by atoms with van der Waals surface area (Å²) in [6, 6.07) is 9.52. The normalized spacial score (nSPS) is 13.8. The van der Waals surface area contributed by atoms with Gasteiger partial charge in [-0.15, -0.1) is 11.3 Å². The van der Waals surface area contributed by atoms with Gasteiger partial charge in [-0.3, -0.25) is 24.7 Å². The molecule has 10 nitrogen and oxygen atoms in total. The van der Waals surface area contributed by atoms with Crippen LogP contribution in [0.15, 0.2) is 55.1 Å². The van der Waals surface area contributed by atoms with Gasteiger partial charge in [-0.25, -0.2) is 9.97 Å². The van der Waals surface area contributed by atoms with Crippen LogP contribution in [-0.2, 0) is 4.79 Å². The third-order valence-corrected chi connectivity index (χ3v) is 8.53. The number of H-pyrrole nitrogens is 2. The van der Waals surface area contributed by atoms with Crippen LogP contribution in [-0.4, -0.2) is 46.8 Å². The van der Waals surface area contributed by atoms with Gasteiger partial charge in [0.05, 0.1) is 39.7 Å². The average Bonchev–Trinajstić information content (AvgIpc) is 3.78. The van der Waals surface area contributed by atoms with Crippen molar-refractivity contribution in [3.63, 3.8) is 0 Å². The number of hydrogen-bond acceptors (Lipinski definition) is 8. The lowest BCUT2D eigenvalue weighted by Gasteiger charge is -2.11. The smallest absolute Gasteiger partial charge is 0.227 e. The van der Waals surface area contributed by atoms with Gasteiger partial charge in [-0.2, -0.15) is 5.10 Å². The molecule has 1 fully saturated rings. The molecule has 40 heavy (non-hydrogen) atoms. The zero-order chi connectivity index (χ0) is 27.2. The third kappa shape index (κ3) is 4.34. The monoisotopic (exact) mass is 548 g/mol. The van der Waals surface area contributed by atoms with Gasteiger partial charge >= 0.3 is 0 Å². The molecule has 6 aromatic rings. The standard InChI is InChI=1S/C29H24N8O2S/c1-15(38)23-6-7-24(40-23)19-8-9-31-27-25(19)34-28(35-27)26-20-11-21(32-14-22(20)36-37-26)17-10-18(13-30-12-17)33-29(39)16-4-2-3-5-16/h6-14,16H,2-5H2,1H3,(H,33,39)(H,36,37)(H,31,34,35). The second kappa shape index (κ2) is 9.76. The largest absolute Gasteiger partial charge is 0.335 e. The zero-order valence-electron chi connectivity index (χ0n) is 21.6. The van der Waals surface area contributed by atoms with E-state index in [1.165, 1.54) is 11.3 Å². The van der Waals surface area contributed by atoms with Gasteiger partial charge in [0.15, 0.2) is 17.3 Å². The number of aromatic nitrogens is 7. The van der Waals surface area contributed by atoms with Gasteiger partial charge in [0.2, 0.25) is 5.91 Å². The maximum absolute atomic E-state index is 12.6. The van der Waals surface area contributed by atoms with Crippen molar-refractivity contribution in [3.8, 4) is 33.2 Å². The zero-order valence-corrected chi connectivity index (χ0v) is 22.4. The minimum absolute atomic E-state index is 0.0381. The number of anilines is 1. The lowest BCUT2D eigenvalue weighted by Crippen LogP contribution is -2.20. The van der Waals surface area contributed by atoms with Crippen molar-refractivity contribution in [2.45, 2.75) is 32.6 Å². The number of aromatic amines is 2. The van der Waals surface area contributed by atoms with Crippen molar-refractivity contribution in [2.75, 3.05) is 5.32 Å². The van der Waals surface area contributed by atoms with E-state index in [0.29, 0.717) is 33.4 Å². The van der Waals surface area contributed by atoms with Crippen LogP contribution in [0.5, 0.6) is 0 Å². The summed E-state index contributed by atoms with van der Waals surface area (Å²) in [6.45, 7) is 1.57. The Morgan fingerprint density at radius 2 is 1.93 bits per heavy atom. The maximum atomic E-state index is 12.6. The quantitative estimate of drug-likeness (QED) is 0.216. The summed E-state index contributed by atoms with van der Waals surface area (Å²) >= 11 is 1.44. The topological polar surface area (TPSA) is 142 Å². The second-order valence-corrected chi connectivity index (χ2v) is 11.1. The predicted octanol–water partition coefficient (Wildman–Crippen LogP) is 6.02. The minimum Gasteiger partial charge on any atom is -0.335 e. The van der Waals surface area contributed by atoms with Crippen LogP contribution in [0.25, 0.3) is 55.3 Å². The predicted molar refractivity (Wildman–Crippen MR) is 154 cm³/mol. The molecule has 0 radical (unpaired) electrons. The summed E-state index contributed by atoms with van der Waals surface area (Å²) in [5.74, 6) is 0.727. The summed E-state index contributed by atoms with van der Waals surface area (Å²) in [7, 11) is 0. The SMILES string of the molecule is CC(=O)c1ccc(-c2ccnc3nc(-c4n[nH]c5cnc(-c6cncc(NC(=O)C7CCCC7)c6)cc45)[nH]c23)s1. The van der Waals surface area contributed by atoms with E-state index < -0.39 is 0 Å². The number of hydrogen-bond donors (Lipinski definition) is 3. The summed E-state index contributed by atoms with van der Waals surface area (Å²) in [6.07, 6.45) is 10.9. The van der Waals surface area contributed by atoms with Crippen LogP contribution in [0, 0.1) is 5.92 Å². The van der Waals surface area contributed by atoms with E-state index in [1.807, 2.05) is 30.3 Å². The molecule has 1 saturated carbocycles. The molecule has 1 aliphatic rings. The Balaban J connectivity index is 1.24. The van der Waals surface area contributed by atoms with Crippen LogP contribution in [0.3, 0.4) is 0 Å². The number of nitrogens with one attached hydrogen (secondary N) is 3. The summed E-state index contributed by atoms with van der Waals surface area (Å²) in [4.78, 5) is 47.6. The van der Waals surface area contributed by atoms with Crippen LogP contribution >= 0.6 is 11.3 Å². The van der Waals surface area contributed by atoms with Crippen molar-refractivity contribution in [1.82, 2.24) is 35.1 Å². The molecule has 0 saturated heterocycles. The number of rotatable bonds is 6. The van der Waals surface area contributed by atoms with Crippen LogP contribution < -0.4 is 5.32 Å². The van der Waals surface area contributed by atoms with E-state index in [4.69, 9.17) is 4.98 Å². The number of pyridine rings is 3. The van der Waals surface area contributed by atoms with E-state index in [-0.39, 0.29) is 17.6 Å². The van der Waals surface area contributed by atoms with E-state index in [0.717, 1.165) is 58.1 Å². The van der Waals surface area contributed by atoms with Gasteiger partial charge in [0.25, 0.3) is 0 Å². The molecule has 0 aromatic carbocycles. The molecule has 6 heterocycles. The van der Waals surface area contributed by atoms with Gasteiger partial charge in [0, 0.05) is 39.7 Å². The number of carbonyl (C=O) groups excluding carboxylic acids is 2. The molecule has 0 bridgehead atoms. The lowest BCUT2D eigenvalue weighted by molar-refractivity contribution is -0.119. The van der Waals surface area contributed by atoms with E-state index in [1.54, 1.807) is 31.7 Å². The first-order valence-corrected chi connectivity index (χ1v) is 13.9. The van der Waals surface area contributed by atoms with Gasteiger partial charge in [-0.05, 0) is 50.1 Å². The number of nitrogens with zero attached hydrogens (tertiary/aromatic N) is 5. The van der Waals surface area contributed by atoms with Crippen LogP contribution in [0.2, 0.25) is 0 Å². The highest BCUT2D eigenvalue weighted by molar-refractivity contribution is 7.17. The second-order valence-electron chi connectivity index (χ2n) is 9.98. The molecule has 0 unspecified atom stereocenters. The molecule has 0 atom stereocenters. The summed E-state index contributed by atoms with van der Waals surface area (Å²) in [5.41, 5.74) is 5.79. The number of amides is 1. The number of fused-ring (bicyclic) bond motifs is 2. The molecule has 1 amide bonds. The Labute approximate surface area is 232 Å². The van der Waals surface area contributed by atoms with Crippen molar-refractivity contribution < 1.29 is 9.59 Å². The Morgan fingerprint density at radius 3 is 2.75 bits per heavy atom. The highest BCUT2D eigenvalue weighted by Crippen LogP contribution is 2.35. The Morgan fingerprint density at radius 1 is 1.05 bits per heavy atom. The van der Waals surface area contributed by atoms with E-state index >= 15 is 0 Å². The Bertz CT molecular complexity index is 1910. The molecule has 11 heteroatoms. The molecular formula is C29H24N8O2S. The number of Topliss-reactive ketones (excluding diaryl/α,β-unsaturated/α-hetero) is 1. The molecule has 3 N–H and O–H groups in total. The maximum Gasteiger partial charge on any atom is 0.227 e. The minimum atomic E-state index is 0.0381. The molecule has 1 aliphatic carbocycles. The lowest BCUT2D eigenvalue weighted by atomic mass is 10.1. The molecule has 7 rings (SSSR count). The van der Waals surface area contributed by atoms with Gasteiger partial charge in [0.1, 0.15) is 5.69 Å². The first-order valence-electron chi connectivity index (χ1n) is 13.1. The summed E-state index contributed by atoms with van der Waals surface area (Å²) < 4.78 is 0. The molecule has 6 aromatic heterocycles. The fourth-order valence-electron chi connectivity index (χ4n) is 5.24. The number of ketones is 1. The van der Waals surface area contributed by atoms with Crippen LogP contribution in [0.1, 0.15) is 42.3 Å². The fraction of sp³-hybridized carbons (Fsp3) is 0.207. The number of imidazole rings is 1. The van der Waals surface area contributed by atoms with Crippen LogP contribution in [0.4, 0.5) is 5.69 Å². The van der Waals surface area contributed by atoms with Crippen molar-refractivity contribution in [2.24, 2.45) is 5.92 Å². The van der Waals surface area contributed by atoms with Crippen molar-refractivity contribution >= 4 is 50.8 Å². The third-order valence-electron chi connectivity index (χ3n) is 7.31. The van der Waals surface area contributed by atoms with Gasteiger partial charge in [-0.1, -0.05) is 12.8 Å². The first-order chi connectivity index (χ1) is 19.5. The highest BCUT2D eigenvalue weighted by Gasteiger charge is 2.23. The molecule has 0 spiro atoms. The van der Waals surface area contributed by atoms with E-state index in [9.17, 15) is 9.59 Å². The van der Waals surface area contributed by atoms with Crippen molar-refractivity contribution in [3.05, 3.63) is 60.0 Å².